The Labute approximate surface area is 291 Å². The Morgan fingerprint density at radius 3 is 2.44 bits per heavy atom. The highest BCUT2D eigenvalue weighted by atomic mass is 79.9. The molecule has 1 spiro atoms. The number of nitrogens with zero attached hydrogens (tertiary/aromatic N) is 3. The van der Waals surface area contributed by atoms with Crippen molar-refractivity contribution in [1.82, 2.24) is 4.90 Å². The van der Waals surface area contributed by atoms with Crippen molar-refractivity contribution < 1.29 is 29.0 Å². The number of rotatable bonds is 10. The Hall–Kier alpha value is -3.35. The number of ether oxygens (including phenoxy) is 1. The number of halogens is 1. The van der Waals surface area contributed by atoms with Crippen LogP contribution in [0, 0.1) is 5.92 Å². The number of anilines is 2. The zero-order chi connectivity index (χ0) is 34.2. The smallest absolute Gasteiger partial charge is 0.264 e. The predicted molar refractivity (Wildman–Crippen MR) is 191 cm³/mol. The van der Waals surface area contributed by atoms with Gasteiger partial charge in [0.2, 0.25) is 11.8 Å². The van der Waals surface area contributed by atoms with E-state index in [1.54, 1.807) is 9.80 Å². The second-order valence-corrected chi connectivity index (χ2v) is 18.7. The molecule has 0 unspecified atom stereocenters. The zero-order valence-electron chi connectivity index (χ0n) is 27.8. The second kappa shape index (κ2) is 13.9. The third-order valence-corrected chi connectivity index (χ3v) is 13.2. The molecule has 0 aromatic heterocycles. The summed E-state index contributed by atoms with van der Waals surface area (Å²) in [5, 5.41) is 9.80. The van der Waals surface area contributed by atoms with Crippen molar-refractivity contribution in [2.24, 2.45) is 5.92 Å². The number of carbonyl (C=O) groups excluding carboxylic acids is 3. The summed E-state index contributed by atoms with van der Waals surface area (Å²) >= 11 is 3.61. The molecule has 3 aliphatic rings. The monoisotopic (exact) mass is 733 g/mol. The van der Waals surface area contributed by atoms with Gasteiger partial charge in [-0.3, -0.25) is 14.4 Å². The van der Waals surface area contributed by atoms with Crippen LogP contribution in [0.25, 0.3) is 0 Å². The third-order valence-electron chi connectivity index (χ3n) is 10.2. The summed E-state index contributed by atoms with van der Waals surface area (Å²) in [6.07, 6.45) is 1.74. The molecule has 4 atom stereocenters. The van der Waals surface area contributed by atoms with E-state index in [4.69, 9.17) is 4.74 Å². The number of hydrogen-bond donors (Lipinski definition) is 2. The normalized spacial score (nSPS) is 24.0. The summed E-state index contributed by atoms with van der Waals surface area (Å²) in [7, 11) is -2.99. The Morgan fingerprint density at radius 1 is 1.04 bits per heavy atom. The Morgan fingerprint density at radius 2 is 1.77 bits per heavy atom. The highest BCUT2D eigenvalue weighted by Crippen LogP contribution is 2.60. The van der Waals surface area contributed by atoms with Crippen LogP contribution in [0.15, 0.2) is 77.3 Å². The molecule has 9 nitrogen and oxygen atoms in total. The molecule has 48 heavy (non-hydrogen) atoms. The number of fused-ring (bicyclic) bond motifs is 2. The van der Waals surface area contributed by atoms with Crippen molar-refractivity contribution in [3.8, 4) is 0 Å². The molecule has 2 N–H and O–H groups in total. The first-order valence-corrected chi connectivity index (χ1v) is 20.6. The van der Waals surface area contributed by atoms with Gasteiger partial charge < -0.3 is 29.3 Å². The van der Waals surface area contributed by atoms with Crippen LogP contribution in [0.3, 0.4) is 0 Å². The molecule has 3 heterocycles. The third kappa shape index (κ3) is 6.50. The quantitative estimate of drug-likeness (QED) is 0.258. The van der Waals surface area contributed by atoms with E-state index in [1.807, 2.05) is 97.7 Å². The van der Waals surface area contributed by atoms with Gasteiger partial charge in [-0.25, -0.2) is 0 Å². The summed E-state index contributed by atoms with van der Waals surface area (Å²) < 4.78 is 7.69. The number of carbonyl (C=O) groups is 3. The van der Waals surface area contributed by atoms with Crippen molar-refractivity contribution in [3.05, 3.63) is 94.0 Å². The summed E-state index contributed by atoms with van der Waals surface area (Å²) in [5.74, 6) is -0.696. The Balaban J connectivity index is 1.30. The van der Waals surface area contributed by atoms with Crippen molar-refractivity contribution in [3.63, 3.8) is 0 Å². The molecule has 3 amide bonds. The lowest BCUT2D eigenvalue weighted by Crippen LogP contribution is -2.46. The van der Waals surface area contributed by atoms with Gasteiger partial charge in [-0.15, -0.1) is 0 Å². The lowest BCUT2D eigenvalue weighted by atomic mass is 9.82. The minimum Gasteiger partial charge on any atom is -0.432 e. The molecule has 3 aliphatic heterocycles. The molecule has 2 fully saturated rings. The minimum absolute atomic E-state index is 0.0200. The van der Waals surface area contributed by atoms with Crippen LogP contribution in [0.1, 0.15) is 49.3 Å². The van der Waals surface area contributed by atoms with E-state index in [0.29, 0.717) is 26.1 Å². The van der Waals surface area contributed by atoms with E-state index in [2.05, 4.69) is 15.9 Å². The van der Waals surface area contributed by atoms with Gasteiger partial charge in [0.05, 0.1) is 31.4 Å². The standard InChI is InChI=1S/C37H44BrN3O6Si/c1-25-35(48(2,3)46)32(22-34(44)39(19-20-42)23-26-9-5-4-6-10-26)47-37(25)30-21-28(38)14-17-31(30)41(36(37)45)24-27-12-15-29(16-13-27)40-18-8-7-11-33(40)43/h4-6,9-10,12-17,21,25,32,35,42,46H,7-8,11,18-20,22-24H2,1-3H3/t25-,32+,35-,37+/m0/s1. The number of piperidine rings is 1. The molecule has 11 heteroatoms. The van der Waals surface area contributed by atoms with Crippen molar-refractivity contribution in [2.45, 2.75) is 76.0 Å². The minimum atomic E-state index is -2.99. The van der Waals surface area contributed by atoms with Crippen molar-refractivity contribution in [1.29, 1.82) is 0 Å². The maximum atomic E-state index is 14.8. The molecule has 0 saturated carbocycles. The van der Waals surface area contributed by atoms with Crippen LogP contribution >= 0.6 is 15.9 Å². The van der Waals surface area contributed by atoms with Crippen molar-refractivity contribution in [2.75, 3.05) is 29.5 Å². The maximum absolute atomic E-state index is 14.8. The zero-order valence-corrected chi connectivity index (χ0v) is 30.4. The van der Waals surface area contributed by atoms with Crippen LogP contribution in [-0.4, -0.2) is 66.6 Å². The van der Waals surface area contributed by atoms with E-state index >= 15 is 0 Å². The fourth-order valence-electron chi connectivity index (χ4n) is 7.97. The van der Waals surface area contributed by atoms with Gasteiger partial charge >= 0.3 is 0 Å². The number of benzene rings is 3. The van der Waals surface area contributed by atoms with Gasteiger partial charge in [0.1, 0.15) is 0 Å². The van der Waals surface area contributed by atoms with Crippen LogP contribution in [0.5, 0.6) is 0 Å². The highest BCUT2D eigenvalue weighted by molar-refractivity contribution is 9.10. The maximum Gasteiger partial charge on any atom is 0.264 e. The first kappa shape index (κ1) is 34.5. The number of aliphatic hydroxyl groups is 1. The largest absolute Gasteiger partial charge is 0.432 e. The fraction of sp³-hybridized carbons (Fsp3) is 0.432. The van der Waals surface area contributed by atoms with E-state index in [0.717, 1.165) is 45.4 Å². The van der Waals surface area contributed by atoms with E-state index in [9.17, 15) is 24.3 Å². The van der Waals surface area contributed by atoms with Gasteiger partial charge in [0.15, 0.2) is 13.9 Å². The first-order chi connectivity index (χ1) is 22.9. The summed E-state index contributed by atoms with van der Waals surface area (Å²) in [4.78, 5) is 58.0. The van der Waals surface area contributed by atoms with Crippen molar-refractivity contribution >= 4 is 53.3 Å². The van der Waals surface area contributed by atoms with Crippen LogP contribution < -0.4 is 9.80 Å². The number of aliphatic hydroxyl groups excluding tert-OH is 1. The molecule has 6 rings (SSSR count). The summed E-state index contributed by atoms with van der Waals surface area (Å²) in [6.45, 7) is 6.99. The predicted octanol–water partition coefficient (Wildman–Crippen LogP) is 5.72. The lowest BCUT2D eigenvalue weighted by molar-refractivity contribution is -0.150. The lowest BCUT2D eigenvalue weighted by Gasteiger charge is -2.32. The van der Waals surface area contributed by atoms with Crippen LogP contribution in [0.2, 0.25) is 18.6 Å². The molecular weight excluding hydrogens is 690 g/mol. The molecular formula is C37H44BrN3O6Si. The Bertz CT molecular complexity index is 1670. The van der Waals surface area contributed by atoms with Crippen LogP contribution in [0.4, 0.5) is 11.4 Å². The van der Waals surface area contributed by atoms with E-state index in [1.165, 1.54) is 0 Å². The van der Waals surface area contributed by atoms with E-state index < -0.39 is 31.5 Å². The SMILES string of the molecule is C[C@H]1[C@H]([Si](C)(C)O)[C@@H](CC(=O)N(CCO)Cc2ccccc2)O[C@]12C(=O)N(Cc1ccc(N3CCCCC3=O)cc1)c1ccc(Br)cc12. The molecule has 3 aromatic carbocycles. The average molecular weight is 735 g/mol. The van der Waals surface area contributed by atoms with E-state index in [-0.39, 0.29) is 37.3 Å². The fourth-order valence-corrected chi connectivity index (χ4v) is 10.9. The molecule has 3 aromatic rings. The molecule has 0 bridgehead atoms. The molecule has 2 saturated heterocycles. The average Bonchev–Trinajstić information content (AvgIpc) is 3.48. The first-order valence-electron chi connectivity index (χ1n) is 16.8. The molecule has 0 aliphatic carbocycles. The molecule has 0 radical (unpaired) electrons. The van der Waals surface area contributed by atoms with Gasteiger partial charge in [0, 0.05) is 53.2 Å². The number of amides is 3. The second-order valence-electron chi connectivity index (χ2n) is 13.8. The van der Waals surface area contributed by atoms with Gasteiger partial charge in [-0.2, -0.15) is 0 Å². The number of hydrogen-bond acceptors (Lipinski definition) is 6. The molecule has 254 valence electrons. The van der Waals surface area contributed by atoms with Gasteiger partial charge in [-0.05, 0) is 67.4 Å². The highest BCUT2D eigenvalue weighted by Gasteiger charge is 2.66. The van der Waals surface area contributed by atoms with Crippen LogP contribution in [-0.2, 0) is 37.8 Å². The van der Waals surface area contributed by atoms with Gasteiger partial charge in [0.25, 0.3) is 5.91 Å². The Kier molecular flexibility index (Phi) is 9.97. The van der Waals surface area contributed by atoms with Gasteiger partial charge in [-0.1, -0.05) is 65.3 Å². The summed E-state index contributed by atoms with van der Waals surface area (Å²) in [5.41, 5.74) is 2.38. The summed E-state index contributed by atoms with van der Waals surface area (Å²) in [6, 6.07) is 23.2. The topological polar surface area (TPSA) is 111 Å².